The molecule has 1 aliphatic carbocycles. The summed E-state index contributed by atoms with van der Waals surface area (Å²) in [5, 5.41) is 2.91. The van der Waals surface area contributed by atoms with Crippen molar-refractivity contribution in [3.8, 4) is 11.1 Å². The zero-order valence-corrected chi connectivity index (χ0v) is 22.1. The molecule has 3 aliphatic heterocycles. The summed E-state index contributed by atoms with van der Waals surface area (Å²) in [5.41, 5.74) is 10.0. The smallest absolute Gasteiger partial charge is 0.378 e. The van der Waals surface area contributed by atoms with Crippen molar-refractivity contribution in [1.82, 2.24) is 9.88 Å². The molecule has 0 bridgehead atoms. The van der Waals surface area contributed by atoms with Gasteiger partial charge in [0.1, 0.15) is 11.6 Å². The van der Waals surface area contributed by atoms with Gasteiger partial charge in [0.25, 0.3) is 0 Å². The third-order valence-electron chi connectivity index (χ3n) is 8.56. The number of hydrogen-bond acceptors (Lipinski definition) is 6. The Morgan fingerprint density at radius 2 is 1.87 bits per heavy atom. The van der Waals surface area contributed by atoms with Crippen LogP contribution in [-0.2, 0) is 4.74 Å². The van der Waals surface area contributed by atoms with Gasteiger partial charge in [0, 0.05) is 56.9 Å². The summed E-state index contributed by atoms with van der Waals surface area (Å²) in [6, 6.07) is 9.52. The van der Waals surface area contributed by atoms with Crippen LogP contribution < -0.4 is 20.9 Å². The van der Waals surface area contributed by atoms with Gasteiger partial charge >= 0.3 is 12.2 Å². The monoisotopic (exact) mass is 544 g/mol. The standard InChI is InChI=1S/C28H35F3N6O2/c1-18-2-3-22(33-26(38)36-5-4-19(15-36)13-28(29,30)31)12-23(18)20-10-24(35-6-8-39-9-7-35)34-25(11-20)37-16-21-14-27(21,32)17-37/h2-3,10-12,19,21H,4-9,13-17,32H2,1H3,(H,33,38)/t19-,21?,27-/m0/s1. The Balaban J connectivity index is 1.24. The van der Waals surface area contributed by atoms with Gasteiger partial charge in [-0.3, -0.25) is 0 Å². The summed E-state index contributed by atoms with van der Waals surface area (Å²) < 4.78 is 43.9. The molecule has 3 N–H and O–H groups in total. The number of morpholine rings is 1. The number of alkyl halides is 3. The Hall–Kier alpha value is -3.05. The number of nitrogens with zero attached hydrogens (tertiary/aromatic N) is 4. The second-order valence-electron chi connectivity index (χ2n) is 11.6. The Labute approximate surface area is 226 Å². The lowest BCUT2D eigenvalue weighted by Gasteiger charge is -2.30. The van der Waals surface area contributed by atoms with Crippen molar-refractivity contribution in [3.05, 3.63) is 35.9 Å². The summed E-state index contributed by atoms with van der Waals surface area (Å²) in [7, 11) is 0. The Morgan fingerprint density at radius 3 is 2.56 bits per heavy atom. The third kappa shape index (κ3) is 5.65. The van der Waals surface area contributed by atoms with E-state index in [1.54, 1.807) is 0 Å². The maximum atomic E-state index is 12.9. The maximum absolute atomic E-state index is 12.9. The molecule has 1 saturated carbocycles. The molecule has 0 radical (unpaired) electrons. The van der Waals surface area contributed by atoms with Crippen molar-refractivity contribution in [1.29, 1.82) is 0 Å². The van der Waals surface area contributed by atoms with E-state index in [-0.39, 0.29) is 18.1 Å². The molecule has 1 aromatic heterocycles. The minimum Gasteiger partial charge on any atom is -0.378 e. The number of ether oxygens (including phenoxy) is 1. The van der Waals surface area contributed by atoms with Crippen LogP contribution in [0.4, 0.5) is 35.3 Å². The Morgan fingerprint density at radius 1 is 1.13 bits per heavy atom. The Kier molecular flexibility index (Phi) is 6.61. The van der Waals surface area contributed by atoms with Gasteiger partial charge in [0.2, 0.25) is 0 Å². The van der Waals surface area contributed by atoms with Crippen molar-refractivity contribution in [2.75, 3.05) is 67.6 Å². The van der Waals surface area contributed by atoms with Gasteiger partial charge in [0.15, 0.2) is 0 Å². The fourth-order valence-electron chi connectivity index (χ4n) is 6.20. The molecule has 39 heavy (non-hydrogen) atoms. The van der Waals surface area contributed by atoms with Crippen LogP contribution in [0.5, 0.6) is 0 Å². The highest BCUT2D eigenvalue weighted by molar-refractivity contribution is 5.91. The van der Waals surface area contributed by atoms with E-state index in [1.165, 1.54) is 4.90 Å². The van der Waals surface area contributed by atoms with Crippen LogP contribution in [0, 0.1) is 18.8 Å². The highest BCUT2D eigenvalue weighted by Crippen LogP contribution is 2.48. The molecule has 1 aromatic carbocycles. The highest BCUT2D eigenvalue weighted by Gasteiger charge is 2.57. The van der Waals surface area contributed by atoms with Crippen LogP contribution in [0.3, 0.4) is 0 Å². The first-order valence-electron chi connectivity index (χ1n) is 13.7. The number of nitrogens with two attached hydrogens (primary N) is 1. The molecule has 210 valence electrons. The molecule has 2 amide bonds. The minimum atomic E-state index is -4.22. The number of halogens is 3. The second kappa shape index (κ2) is 9.85. The maximum Gasteiger partial charge on any atom is 0.389 e. The normalized spacial score (nSPS) is 26.6. The van der Waals surface area contributed by atoms with E-state index in [0.29, 0.717) is 37.8 Å². The fourth-order valence-corrected chi connectivity index (χ4v) is 6.20. The number of aryl methyl sites for hydroxylation is 1. The van der Waals surface area contributed by atoms with Crippen LogP contribution in [0.2, 0.25) is 0 Å². The number of benzene rings is 1. The predicted molar refractivity (Wildman–Crippen MR) is 144 cm³/mol. The summed E-state index contributed by atoms with van der Waals surface area (Å²) >= 11 is 0. The molecule has 4 fully saturated rings. The molecule has 0 spiro atoms. The van der Waals surface area contributed by atoms with Gasteiger partial charge in [0.05, 0.1) is 13.2 Å². The topological polar surface area (TPSA) is 87.0 Å². The summed E-state index contributed by atoms with van der Waals surface area (Å²) in [5.74, 6) is 1.74. The van der Waals surface area contributed by atoms with Crippen LogP contribution in [0.15, 0.2) is 30.3 Å². The van der Waals surface area contributed by atoms with Crippen LogP contribution in [0.1, 0.15) is 24.8 Å². The molecule has 4 heterocycles. The lowest BCUT2D eigenvalue weighted by atomic mass is 10.00. The van der Waals surface area contributed by atoms with Crippen molar-refractivity contribution < 1.29 is 22.7 Å². The van der Waals surface area contributed by atoms with E-state index in [0.717, 1.165) is 60.9 Å². The lowest BCUT2D eigenvalue weighted by Crippen LogP contribution is -2.37. The number of carbonyl (C=O) groups is 1. The minimum absolute atomic E-state index is 0.106. The third-order valence-corrected chi connectivity index (χ3v) is 8.56. The quantitative estimate of drug-likeness (QED) is 0.586. The number of pyridine rings is 1. The van der Waals surface area contributed by atoms with Crippen molar-refractivity contribution in [3.63, 3.8) is 0 Å². The van der Waals surface area contributed by atoms with E-state index < -0.39 is 18.5 Å². The summed E-state index contributed by atoms with van der Waals surface area (Å²) in [6.07, 6.45) is -3.65. The fraction of sp³-hybridized carbons (Fsp3) is 0.571. The summed E-state index contributed by atoms with van der Waals surface area (Å²) in [6.45, 7) is 6.98. The van der Waals surface area contributed by atoms with E-state index in [2.05, 4.69) is 27.2 Å². The van der Waals surface area contributed by atoms with Crippen LogP contribution in [0.25, 0.3) is 11.1 Å². The number of fused-ring (bicyclic) bond motifs is 1. The largest absolute Gasteiger partial charge is 0.389 e. The van der Waals surface area contributed by atoms with Gasteiger partial charge in [-0.1, -0.05) is 6.07 Å². The first-order chi connectivity index (χ1) is 18.6. The van der Waals surface area contributed by atoms with Crippen molar-refractivity contribution >= 4 is 23.4 Å². The van der Waals surface area contributed by atoms with Crippen LogP contribution >= 0.6 is 0 Å². The molecular formula is C28H35F3N6O2. The molecule has 8 nitrogen and oxygen atoms in total. The molecule has 6 rings (SSSR count). The van der Waals surface area contributed by atoms with Gasteiger partial charge in [-0.25, -0.2) is 9.78 Å². The number of amides is 2. The first kappa shape index (κ1) is 26.2. The van der Waals surface area contributed by atoms with E-state index >= 15 is 0 Å². The molecule has 4 aliphatic rings. The van der Waals surface area contributed by atoms with Crippen molar-refractivity contribution in [2.45, 2.75) is 37.9 Å². The lowest BCUT2D eigenvalue weighted by molar-refractivity contribution is -0.143. The van der Waals surface area contributed by atoms with E-state index in [4.69, 9.17) is 15.5 Å². The van der Waals surface area contributed by atoms with Gasteiger partial charge in [-0.15, -0.1) is 0 Å². The Bertz CT molecular complexity index is 1250. The van der Waals surface area contributed by atoms with E-state index in [1.807, 2.05) is 25.1 Å². The molecule has 11 heteroatoms. The number of aromatic nitrogens is 1. The van der Waals surface area contributed by atoms with Gasteiger partial charge in [-0.2, -0.15) is 13.2 Å². The highest BCUT2D eigenvalue weighted by atomic mass is 19.4. The average Bonchev–Trinajstić information content (AvgIpc) is 3.19. The molecule has 3 saturated heterocycles. The van der Waals surface area contributed by atoms with Gasteiger partial charge in [-0.05, 0) is 72.6 Å². The number of likely N-dealkylation sites (tertiary alicyclic amines) is 1. The zero-order valence-electron chi connectivity index (χ0n) is 22.1. The van der Waals surface area contributed by atoms with Gasteiger partial charge < -0.3 is 30.5 Å². The number of piperidine rings is 1. The average molecular weight is 545 g/mol. The van der Waals surface area contributed by atoms with E-state index in [9.17, 15) is 18.0 Å². The SMILES string of the molecule is Cc1ccc(NC(=O)N2CC[C@@H](CC(F)(F)F)C2)cc1-c1cc(N2CCOCC2)nc(N2CC3C[C@]3(N)C2)c1. The number of hydrogen-bond donors (Lipinski definition) is 2. The zero-order chi connectivity index (χ0) is 27.4. The predicted octanol–water partition coefficient (Wildman–Crippen LogP) is 4.24. The second-order valence-corrected chi connectivity index (χ2v) is 11.6. The summed E-state index contributed by atoms with van der Waals surface area (Å²) in [4.78, 5) is 23.9. The first-order valence-corrected chi connectivity index (χ1v) is 13.7. The molecule has 2 aromatic rings. The number of nitrogens with one attached hydrogen (secondary N) is 1. The molecular weight excluding hydrogens is 509 g/mol. The van der Waals surface area contributed by atoms with Crippen LogP contribution in [-0.4, -0.2) is 80.1 Å². The van der Waals surface area contributed by atoms with Crippen molar-refractivity contribution in [2.24, 2.45) is 17.6 Å². The number of urea groups is 1. The number of anilines is 3. The number of carbonyl (C=O) groups excluding carboxylic acids is 1. The molecule has 1 unspecified atom stereocenters. The number of rotatable bonds is 5. The molecule has 3 atom stereocenters.